The van der Waals surface area contributed by atoms with Gasteiger partial charge >= 0.3 is 0 Å². The number of nitrogen functional groups attached to an aromatic ring is 1. The summed E-state index contributed by atoms with van der Waals surface area (Å²) in [5.74, 6) is -1.66. The SMILES string of the molecule is Nc1ccc2c(O)c(/N=N/c3ccc(S(=O)(=O)CCOSOOO)cc3)c(SOOO)cc2c1/N=N/c1cc(S(=O)(=O)CCOSOOO)ccc1S(=O)(=O)O. The number of benzene rings is 4. The zero-order valence-corrected chi connectivity index (χ0v) is 32.3. The maximum Gasteiger partial charge on any atom is 0.296 e. The van der Waals surface area contributed by atoms with E-state index in [1.165, 1.54) is 42.5 Å². The number of hydrogen-bond acceptors (Lipinski definition) is 26. The molecule has 0 aromatic heterocycles. The van der Waals surface area contributed by atoms with Gasteiger partial charge in [-0.15, -0.1) is 28.3 Å². The van der Waals surface area contributed by atoms with Gasteiger partial charge in [-0.05, 0) is 60.7 Å². The van der Waals surface area contributed by atoms with Crippen LogP contribution in [0.4, 0.5) is 28.4 Å². The minimum atomic E-state index is -4.99. The fraction of sp³-hybridized carbons (Fsp3) is 0.154. The Kier molecular flexibility index (Phi) is 16.6. The van der Waals surface area contributed by atoms with E-state index in [4.69, 9.17) is 29.9 Å². The Morgan fingerprint density at radius 1 is 0.643 bits per heavy atom. The molecular formula is C26H25N5O19S6. The predicted octanol–water partition coefficient (Wildman–Crippen LogP) is 6.18. The Morgan fingerprint density at radius 3 is 1.80 bits per heavy atom. The number of hydrogen-bond donors (Lipinski definition) is 6. The highest BCUT2D eigenvalue weighted by molar-refractivity contribution is 7.94. The van der Waals surface area contributed by atoms with E-state index in [0.29, 0.717) is 12.0 Å². The van der Waals surface area contributed by atoms with Crippen LogP contribution >= 0.6 is 36.7 Å². The largest absolute Gasteiger partial charge is 0.505 e. The third kappa shape index (κ3) is 12.2. The van der Waals surface area contributed by atoms with Crippen molar-refractivity contribution in [2.24, 2.45) is 20.5 Å². The fourth-order valence-corrected chi connectivity index (χ4v) is 8.25. The van der Waals surface area contributed by atoms with Crippen molar-refractivity contribution in [3.63, 3.8) is 0 Å². The molecule has 56 heavy (non-hydrogen) atoms. The van der Waals surface area contributed by atoms with Gasteiger partial charge in [0.2, 0.25) is 0 Å². The molecule has 0 bridgehead atoms. The van der Waals surface area contributed by atoms with Crippen molar-refractivity contribution in [1.29, 1.82) is 0 Å². The van der Waals surface area contributed by atoms with Crippen LogP contribution < -0.4 is 5.73 Å². The molecule has 0 aliphatic rings. The van der Waals surface area contributed by atoms with Crippen molar-refractivity contribution in [1.82, 2.24) is 0 Å². The Balaban J connectivity index is 1.70. The van der Waals surface area contributed by atoms with Crippen molar-refractivity contribution in [3.8, 4) is 5.75 Å². The molecule has 0 heterocycles. The van der Waals surface area contributed by atoms with Crippen molar-refractivity contribution >= 4 is 106 Å². The summed E-state index contributed by atoms with van der Waals surface area (Å²) in [6.07, 6.45) is 0. The third-order valence-electron chi connectivity index (χ3n) is 6.76. The number of phenols is 1. The van der Waals surface area contributed by atoms with Crippen molar-refractivity contribution < 1.29 is 87.2 Å². The lowest BCUT2D eigenvalue weighted by atomic mass is 10.1. The Hall–Kier alpha value is -3.64. The molecule has 0 fully saturated rings. The maximum atomic E-state index is 12.9. The number of nitrogens with two attached hydrogens (primary N) is 1. The smallest absolute Gasteiger partial charge is 0.296 e. The number of nitrogens with zero attached hydrogens (tertiary/aromatic N) is 4. The summed E-state index contributed by atoms with van der Waals surface area (Å²) in [4.78, 5) is -1.45. The van der Waals surface area contributed by atoms with Gasteiger partial charge in [-0.1, -0.05) is 15.1 Å². The number of azo groups is 2. The molecule has 0 radical (unpaired) electrons. The monoisotopic (exact) mass is 903 g/mol. The first-order valence-electron chi connectivity index (χ1n) is 14.4. The molecule has 7 N–H and O–H groups in total. The maximum absolute atomic E-state index is 12.9. The van der Waals surface area contributed by atoms with Crippen LogP contribution in [0, 0.1) is 0 Å². The molecule has 24 nitrogen and oxygen atoms in total. The Morgan fingerprint density at radius 2 is 1.21 bits per heavy atom. The van der Waals surface area contributed by atoms with Crippen LogP contribution in [0.5, 0.6) is 5.75 Å². The minimum Gasteiger partial charge on any atom is -0.505 e. The van der Waals surface area contributed by atoms with E-state index in [1.807, 2.05) is 0 Å². The molecule has 30 heteroatoms. The molecule has 0 amide bonds. The second kappa shape index (κ2) is 20.7. The highest BCUT2D eigenvalue weighted by Crippen LogP contribution is 2.48. The molecule has 4 aromatic carbocycles. The number of aromatic hydroxyl groups is 1. The van der Waals surface area contributed by atoms with E-state index >= 15 is 0 Å². The van der Waals surface area contributed by atoms with Crippen LogP contribution in [0.25, 0.3) is 10.8 Å². The molecule has 4 rings (SSSR count). The van der Waals surface area contributed by atoms with Gasteiger partial charge in [0.1, 0.15) is 22.0 Å². The van der Waals surface area contributed by atoms with Gasteiger partial charge in [-0.3, -0.25) is 12.9 Å². The molecule has 0 unspecified atom stereocenters. The molecular weight excluding hydrogens is 879 g/mol. The van der Waals surface area contributed by atoms with Gasteiger partial charge in [-0.25, -0.2) is 32.6 Å². The topological polar surface area (TPSA) is 353 Å². The molecule has 4 aromatic rings. The van der Waals surface area contributed by atoms with E-state index in [0.717, 1.165) is 18.2 Å². The zero-order valence-electron chi connectivity index (χ0n) is 27.4. The molecule has 0 aliphatic heterocycles. The fourth-order valence-electron chi connectivity index (χ4n) is 4.32. The second-order valence-corrected chi connectivity index (χ2v) is 17.5. The van der Waals surface area contributed by atoms with Crippen LogP contribution in [0.2, 0.25) is 0 Å². The first kappa shape index (κ1) is 45.1. The number of sulfone groups is 2. The van der Waals surface area contributed by atoms with E-state index in [9.17, 15) is 34.9 Å². The van der Waals surface area contributed by atoms with Crippen LogP contribution in [0.3, 0.4) is 0 Å². The molecule has 0 saturated heterocycles. The van der Waals surface area contributed by atoms with E-state index in [1.54, 1.807) is 0 Å². The van der Waals surface area contributed by atoms with Gasteiger partial charge in [0, 0.05) is 10.8 Å². The van der Waals surface area contributed by atoms with Crippen molar-refractivity contribution in [2.75, 3.05) is 30.5 Å². The Bertz CT molecular complexity index is 2390. The highest BCUT2D eigenvalue weighted by atomic mass is 32.2. The predicted molar refractivity (Wildman–Crippen MR) is 193 cm³/mol. The summed E-state index contributed by atoms with van der Waals surface area (Å²) in [7, 11) is -13.0. The highest BCUT2D eigenvalue weighted by Gasteiger charge is 2.23. The average molecular weight is 904 g/mol. The number of phenolic OH excluding ortho intramolecular Hbond substituents is 1. The van der Waals surface area contributed by atoms with Crippen LogP contribution in [-0.2, 0) is 66.3 Å². The lowest BCUT2D eigenvalue weighted by Gasteiger charge is -2.12. The number of fused-ring (bicyclic) bond motifs is 1. The van der Waals surface area contributed by atoms with Gasteiger partial charge in [0.05, 0.1) is 62.8 Å². The summed E-state index contributed by atoms with van der Waals surface area (Å²) in [6, 6.07) is 11.5. The second-order valence-electron chi connectivity index (χ2n) is 10.1. The Labute approximate surface area is 328 Å². The average Bonchev–Trinajstić information content (AvgIpc) is 3.15. The molecule has 0 aliphatic carbocycles. The van der Waals surface area contributed by atoms with Gasteiger partial charge in [0.15, 0.2) is 50.1 Å². The summed E-state index contributed by atoms with van der Waals surface area (Å²) < 4.78 is 107. The summed E-state index contributed by atoms with van der Waals surface area (Å²) in [5, 5.41) is 62.7. The number of rotatable bonds is 22. The van der Waals surface area contributed by atoms with Gasteiger partial charge < -0.3 is 10.8 Å². The summed E-state index contributed by atoms with van der Waals surface area (Å²) in [6.45, 7) is -0.780. The molecule has 0 atom stereocenters. The lowest BCUT2D eigenvalue weighted by Crippen LogP contribution is -2.11. The molecule has 0 spiro atoms. The number of anilines is 1. The zero-order chi connectivity index (χ0) is 40.9. The van der Waals surface area contributed by atoms with E-state index in [-0.39, 0.29) is 74.6 Å². The van der Waals surface area contributed by atoms with Crippen molar-refractivity contribution in [2.45, 2.75) is 19.6 Å². The van der Waals surface area contributed by atoms with Crippen molar-refractivity contribution in [3.05, 3.63) is 60.7 Å². The normalized spacial score (nSPS) is 12.7. The third-order valence-corrected chi connectivity index (χ3v) is 12.4. The van der Waals surface area contributed by atoms with Gasteiger partial charge in [0.25, 0.3) is 10.1 Å². The minimum absolute atomic E-state index is 0.0221. The molecule has 0 saturated carbocycles. The first-order chi connectivity index (χ1) is 26.6. The van der Waals surface area contributed by atoms with Crippen LogP contribution in [0.1, 0.15) is 0 Å². The quantitative estimate of drug-likeness (QED) is 0.00974. The summed E-state index contributed by atoms with van der Waals surface area (Å²) in [5.41, 5.74) is 5.12. The summed E-state index contributed by atoms with van der Waals surface area (Å²) >= 11 is 0.693. The standard InChI is InChI=1S/C26H25N5O19S6/c27-20-7-6-18-19(24(20)30-29-21-13-17(5-8-23(21)56(40,41)42)55(38,39)12-10-44-53-50-47-35)14-22(51-48-45-33)25(26(18)32)31-28-15-1-3-16(4-2-15)54(36,37)11-9-43-52-49-46-34/h1-8,13-14,32-35H,9-12,27H2,(H,40,41,42)/b30-29+,31-28+. The van der Waals surface area contributed by atoms with Crippen LogP contribution in [-0.4, -0.2) is 75.4 Å². The van der Waals surface area contributed by atoms with Gasteiger partial charge in [-0.2, -0.15) is 13.5 Å². The lowest BCUT2D eigenvalue weighted by molar-refractivity contribution is -0.434. The van der Waals surface area contributed by atoms with E-state index in [2.05, 4.69) is 48.6 Å². The van der Waals surface area contributed by atoms with Crippen LogP contribution in [0.15, 0.2) is 101 Å². The van der Waals surface area contributed by atoms with E-state index < -0.39 is 69.1 Å². The molecule has 304 valence electrons. The first-order valence-corrected chi connectivity index (χ1v) is 21.2.